The number of nitriles is 1. The molecule has 2 aromatic heterocycles. The molecule has 0 spiro atoms. The molecular weight excluding hydrogens is 336 g/mol. The van der Waals surface area contributed by atoms with Gasteiger partial charge in [0, 0.05) is 49.9 Å². The number of hydrogen-bond donors (Lipinski definition) is 0. The Labute approximate surface area is 158 Å². The molecule has 0 unspecified atom stereocenters. The van der Waals surface area contributed by atoms with Crippen LogP contribution in [0.1, 0.15) is 30.1 Å². The standard InChI is InChI=1S/C21H20N6/c22-13-16-14-24-18-4-2-1-3-17(18)20(16)27-11-9-26(10-12-27)19-7-8-23-21(25-19)15-5-6-15/h1-4,7-8,14-15H,5-6,9-12H2. The van der Waals surface area contributed by atoms with Gasteiger partial charge in [-0.1, -0.05) is 18.2 Å². The Morgan fingerprint density at radius 3 is 2.52 bits per heavy atom. The van der Waals surface area contributed by atoms with E-state index in [0.29, 0.717) is 11.5 Å². The van der Waals surface area contributed by atoms with Crippen molar-refractivity contribution >= 4 is 22.4 Å². The van der Waals surface area contributed by atoms with Gasteiger partial charge in [0.1, 0.15) is 17.7 Å². The second-order valence-electron chi connectivity index (χ2n) is 7.17. The number of rotatable bonds is 3. The van der Waals surface area contributed by atoms with Gasteiger partial charge in [0.15, 0.2) is 0 Å². The fraction of sp³-hybridized carbons (Fsp3) is 0.333. The Morgan fingerprint density at radius 1 is 0.963 bits per heavy atom. The molecule has 1 aliphatic carbocycles. The summed E-state index contributed by atoms with van der Waals surface area (Å²) in [7, 11) is 0. The lowest BCUT2D eigenvalue weighted by Gasteiger charge is -2.37. The molecule has 2 aliphatic rings. The number of nitrogens with zero attached hydrogens (tertiary/aromatic N) is 6. The summed E-state index contributed by atoms with van der Waals surface area (Å²) in [6.45, 7) is 3.46. The van der Waals surface area contributed by atoms with Crippen molar-refractivity contribution in [1.82, 2.24) is 15.0 Å². The molecule has 0 radical (unpaired) electrons. The molecule has 1 aliphatic heterocycles. The predicted octanol–water partition coefficient (Wildman–Crippen LogP) is 3.10. The molecule has 3 aromatic rings. The summed E-state index contributed by atoms with van der Waals surface area (Å²) in [6.07, 6.45) is 6.00. The third-order valence-electron chi connectivity index (χ3n) is 5.39. The van der Waals surface area contributed by atoms with Crippen molar-refractivity contribution in [3.8, 4) is 6.07 Å². The molecule has 0 N–H and O–H groups in total. The molecule has 0 bridgehead atoms. The molecule has 0 amide bonds. The van der Waals surface area contributed by atoms with Crippen LogP contribution < -0.4 is 9.80 Å². The number of fused-ring (bicyclic) bond motifs is 1. The molecule has 0 atom stereocenters. The van der Waals surface area contributed by atoms with E-state index in [1.54, 1.807) is 6.20 Å². The first-order valence-electron chi connectivity index (χ1n) is 9.44. The summed E-state index contributed by atoms with van der Waals surface area (Å²) in [5.41, 5.74) is 2.57. The quantitative estimate of drug-likeness (QED) is 0.718. The number of piperazine rings is 1. The Balaban J connectivity index is 1.40. The summed E-state index contributed by atoms with van der Waals surface area (Å²) >= 11 is 0. The summed E-state index contributed by atoms with van der Waals surface area (Å²) in [4.78, 5) is 18.3. The number of anilines is 2. The molecular formula is C21H20N6. The topological polar surface area (TPSA) is 68.9 Å². The van der Waals surface area contributed by atoms with Gasteiger partial charge in [-0.15, -0.1) is 0 Å². The van der Waals surface area contributed by atoms with Crippen molar-refractivity contribution in [2.24, 2.45) is 0 Å². The summed E-state index contributed by atoms with van der Waals surface area (Å²) in [5, 5.41) is 10.6. The van der Waals surface area contributed by atoms with E-state index >= 15 is 0 Å². The highest BCUT2D eigenvalue weighted by atomic mass is 15.3. The van der Waals surface area contributed by atoms with E-state index < -0.39 is 0 Å². The van der Waals surface area contributed by atoms with Gasteiger partial charge in [-0.05, 0) is 25.0 Å². The maximum absolute atomic E-state index is 9.58. The van der Waals surface area contributed by atoms with Crippen LogP contribution in [0.5, 0.6) is 0 Å². The van der Waals surface area contributed by atoms with Crippen LogP contribution in [0.3, 0.4) is 0 Å². The molecule has 6 heteroatoms. The molecule has 1 saturated carbocycles. The minimum atomic E-state index is 0.563. The van der Waals surface area contributed by atoms with E-state index in [1.165, 1.54) is 12.8 Å². The van der Waals surface area contributed by atoms with Crippen LogP contribution in [0.4, 0.5) is 11.5 Å². The predicted molar refractivity (Wildman–Crippen MR) is 105 cm³/mol. The lowest BCUT2D eigenvalue weighted by atomic mass is 10.1. The van der Waals surface area contributed by atoms with Crippen LogP contribution in [0.15, 0.2) is 42.7 Å². The van der Waals surface area contributed by atoms with E-state index in [1.807, 2.05) is 30.5 Å². The van der Waals surface area contributed by atoms with Gasteiger partial charge in [-0.2, -0.15) is 5.26 Å². The Bertz CT molecular complexity index is 1030. The van der Waals surface area contributed by atoms with Gasteiger partial charge in [0.25, 0.3) is 0 Å². The van der Waals surface area contributed by atoms with Gasteiger partial charge in [-0.3, -0.25) is 4.98 Å². The maximum Gasteiger partial charge on any atom is 0.133 e. The summed E-state index contributed by atoms with van der Waals surface area (Å²) in [6, 6.07) is 12.4. The number of pyridine rings is 1. The van der Waals surface area contributed by atoms with Crippen molar-refractivity contribution < 1.29 is 0 Å². The largest absolute Gasteiger partial charge is 0.366 e. The highest BCUT2D eigenvalue weighted by Gasteiger charge is 2.28. The van der Waals surface area contributed by atoms with Crippen molar-refractivity contribution in [3.05, 3.63) is 54.1 Å². The van der Waals surface area contributed by atoms with E-state index in [-0.39, 0.29) is 0 Å². The molecule has 1 aromatic carbocycles. The van der Waals surface area contributed by atoms with Crippen LogP contribution in [0.2, 0.25) is 0 Å². The van der Waals surface area contributed by atoms with Crippen LogP contribution in [0.25, 0.3) is 10.9 Å². The zero-order valence-corrected chi connectivity index (χ0v) is 15.0. The monoisotopic (exact) mass is 356 g/mol. The first-order valence-corrected chi connectivity index (χ1v) is 9.44. The van der Waals surface area contributed by atoms with Crippen molar-refractivity contribution in [3.63, 3.8) is 0 Å². The average molecular weight is 356 g/mol. The minimum Gasteiger partial charge on any atom is -0.366 e. The van der Waals surface area contributed by atoms with Crippen molar-refractivity contribution in [2.75, 3.05) is 36.0 Å². The normalized spacial score (nSPS) is 17.1. The fourth-order valence-corrected chi connectivity index (χ4v) is 3.79. The molecule has 3 heterocycles. The second kappa shape index (κ2) is 6.51. The molecule has 27 heavy (non-hydrogen) atoms. The average Bonchev–Trinajstić information content (AvgIpc) is 3.59. The van der Waals surface area contributed by atoms with E-state index in [2.05, 4.69) is 31.9 Å². The van der Waals surface area contributed by atoms with E-state index in [9.17, 15) is 5.26 Å². The number of para-hydroxylation sites is 1. The molecule has 2 fully saturated rings. The van der Waals surface area contributed by atoms with Gasteiger partial charge >= 0.3 is 0 Å². The second-order valence-corrected chi connectivity index (χ2v) is 7.17. The third-order valence-corrected chi connectivity index (χ3v) is 5.39. The Morgan fingerprint density at radius 2 is 1.74 bits per heavy atom. The first kappa shape index (κ1) is 16.0. The lowest BCUT2D eigenvalue weighted by Crippen LogP contribution is -2.47. The van der Waals surface area contributed by atoms with Gasteiger partial charge in [0.05, 0.1) is 16.8 Å². The Hall–Kier alpha value is -3.20. The first-order chi connectivity index (χ1) is 13.3. The van der Waals surface area contributed by atoms with E-state index in [4.69, 9.17) is 4.98 Å². The zero-order valence-electron chi connectivity index (χ0n) is 15.0. The van der Waals surface area contributed by atoms with Gasteiger partial charge in [0.2, 0.25) is 0 Å². The highest BCUT2D eigenvalue weighted by molar-refractivity contribution is 5.94. The summed E-state index contributed by atoms with van der Waals surface area (Å²) in [5.74, 6) is 2.57. The molecule has 134 valence electrons. The maximum atomic E-state index is 9.58. The van der Waals surface area contributed by atoms with Crippen molar-refractivity contribution in [1.29, 1.82) is 5.26 Å². The number of hydrogen-bond acceptors (Lipinski definition) is 6. The van der Waals surface area contributed by atoms with Crippen LogP contribution in [-0.2, 0) is 0 Å². The fourth-order valence-electron chi connectivity index (χ4n) is 3.79. The SMILES string of the molecule is N#Cc1cnc2ccccc2c1N1CCN(c2ccnc(C3CC3)n2)CC1. The van der Waals surface area contributed by atoms with Gasteiger partial charge in [-0.25, -0.2) is 9.97 Å². The summed E-state index contributed by atoms with van der Waals surface area (Å²) < 4.78 is 0. The number of benzene rings is 1. The molecule has 6 nitrogen and oxygen atoms in total. The molecule has 1 saturated heterocycles. The van der Waals surface area contributed by atoms with Gasteiger partial charge < -0.3 is 9.80 Å². The minimum absolute atomic E-state index is 0.563. The smallest absolute Gasteiger partial charge is 0.133 e. The molecule has 5 rings (SSSR count). The van der Waals surface area contributed by atoms with E-state index in [0.717, 1.165) is 54.4 Å². The van der Waals surface area contributed by atoms with Crippen LogP contribution in [0, 0.1) is 11.3 Å². The van der Waals surface area contributed by atoms with Crippen molar-refractivity contribution in [2.45, 2.75) is 18.8 Å². The number of aromatic nitrogens is 3. The lowest BCUT2D eigenvalue weighted by molar-refractivity contribution is 0.645. The van der Waals surface area contributed by atoms with Crippen LogP contribution in [-0.4, -0.2) is 41.1 Å². The Kier molecular flexibility index (Phi) is 3.86. The zero-order chi connectivity index (χ0) is 18.2. The highest BCUT2D eigenvalue weighted by Crippen LogP contribution is 2.38. The third kappa shape index (κ3) is 2.95. The van der Waals surface area contributed by atoms with Crippen LogP contribution >= 0.6 is 0 Å².